The van der Waals surface area contributed by atoms with E-state index in [9.17, 15) is 19.2 Å². The Morgan fingerprint density at radius 2 is 2.08 bits per heavy atom. The number of methoxy groups -OCH3 is 1. The summed E-state index contributed by atoms with van der Waals surface area (Å²) in [6.45, 7) is 4.82. The van der Waals surface area contributed by atoms with Crippen LogP contribution in [-0.2, 0) is 27.4 Å². The second-order valence-electron chi connectivity index (χ2n) is 5.13. The Hall–Kier alpha value is -3.50. The highest BCUT2D eigenvalue weighted by molar-refractivity contribution is 5.93. The number of nitrogens with one attached hydrogen (secondary N) is 2. The SMILES string of the molecule is C=C(NC(=O)Cn1cc(Cn2cc(C)c(=O)[nH]c2=O)nn1)C(=O)OC. The van der Waals surface area contributed by atoms with Gasteiger partial charge in [-0.1, -0.05) is 11.8 Å². The van der Waals surface area contributed by atoms with Crippen LogP contribution in [0.1, 0.15) is 11.3 Å². The summed E-state index contributed by atoms with van der Waals surface area (Å²) in [5.74, 6) is -1.29. The average molecular weight is 348 g/mol. The van der Waals surface area contributed by atoms with Crippen molar-refractivity contribution >= 4 is 11.9 Å². The Morgan fingerprint density at radius 3 is 2.76 bits per heavy atom. The molecule has 0 unspecified atom stereocenters. The summed E-state index contributed by atoms with van der Waals surface area (Å²) in [5, 5.41) is 9.89. The van der Waals surface area contributed by atoms with E-state index in [4.69, 9.17) is 0 Å². The Kier molecular flexibility index (Phi) is 5.27. The summed E-state index contributed by atoms with van der Waals surface area (Å²) in [4.78, 5) is 48.2. The normalized spacial score (nSPS) is 10.3. The minimum Gasteiger partial charge on any atom is -0.464 e. The zero-order valence-corrected chi connectivity index (χ0v) is 13.6. The molecule has 0 atom stereocenters. The largest absolute Gasteiger partial charge is 0.464 e. The van der Waals surface area contributed by atoms with Crippen molar-refractivity contribution in [3.8, 4) is 0 Å². The van der Waals surface area contributed by atoms with Gasteiger partial charge in [0.15, 0.2) is 0 Å². The number of aryl methyl sites for hydroxylation is 1. The molecule has 0 bridgehead atoms. The first kappa shape index (κ1) is 17.8. The van der Waals surface area contributed by atoms with Crippen molar-refractivity contribution in [1.82, 2.24) is 29.9 Å². The number of aromatic amines is 1. The van der Waals surface area contributed by atoms with E-state index in [1.165, 1.54) is 28.8 Å². The van der Waals surface area contributed by atoms with E-state index < -0.39 is 23.1 Å². The summed E-state index contributed by atoms with van der Waals surface area (Å²) in [7, 11) is 1.17. The maximum atomic E-state index is 11.8. The van der Waals surface area contributed by atoms with Gasteiger partial charge in [-0.05, 0) is 6.92 Å². The molecular weight excluding hydrogens is 332 g/mol. The maximum absolute atomic E-state index is 11.8. The molecule has 0 saturated carbocycles. The van der Waals surface area contributed by atoms with Crippen LogP contribution in [0.2, 0.25) is 0 Å². The minimum absolute atomic E-state index is 0.0763. The molecule has 0 saturated heterocycles. The number of H-pyrrole nitrogens is 1. The summed E-state index contributed by atoms with van der Waals surface area (Å²) >= 11 is 0. The first-order valence-corrected chi connectivity index (χ1v) is 7.06. The van der Waals surface area contributed by atoms with E-state index in [0.717, 1.165) is 0 Å². The smallest absolute Gasteiger partial charge is 0.353 e. The van der Waals surface area contributed by atoms with Crippen molar-refractivity contribution in [1.29, 1.82) is 0 Å². The number of hydrogen-bond donors (Lipinski definition) is 2. The highest BCUT2D eigenvalue weighted by atomic mass is 16.5. The number of nitrogens with zero attached hydrogens (tertiary/aromatic N) is 4. The van der Waals surface area contributed by atoms with Crippen LogP contribution in [0, 0.1) is 6.92 Å². The fraction of sp³-hybridized carbons (Fsp3) is 0.286. The lowest BCUT2D eigenvalue weighted by Crippen LogP contribution is -2.31. The first-order chi connectivity index (χ1) is 11.8. The van der Waals surface area contributed by atoms with E-state index >= 15 is 0 Å². The summed E-state index contributed by atoms with van der Waals surface area (Å²) in [5.41, 5.74) is -0.423. The van der Waals surface area contributed by atoms with E-state index in [2.05, 4.69) is 31.9 Å². The number of hydrogen-bond acceptors (Lipinski definition) is 7. The average Bonchev–Trinajstić information content (AvgIpc) is 2.98. The minimum atomic E-state index is -0.750. The van der Waals surface area contributed by atoms with Gasteiger partial charge in [0.25, 0.3) is 5.56 Å². The Balaban J connectivity index is 2.03. The van der Waals surface area contributed by atoms with Crippen LogP contribution in [0.3, 0.4) is 0 Å². The standard InChI is InChI=1S/C14H16N6O5/c1-8-4-19(14(24)16-12(8)22)5-10-6-20(18-17-10)7-11(21)15-9(2)13(23)25-3/h4,6H,2,5,7H2,1,3H3,(H,15,21)(H,16,22,24). The lowest BCUT2D eigenvalue weighted by molar-refractivity contribution is -0.137. The molecule has 2 N–H and O–H groups in total. The van der Waals surface area contributed by atoms with Crippen molar-refractivity contribution in [2.75, 3.05) is 7.11 Å². The molecule has 11 nitrogen and oxygen atoms in total. The quantitative estimate of drug-likeness (QED) is 0.467. The fourth-order valence-corrected chi connectivity index (χ4v) is 1.93. The molecular formula is C14H16N6O5. The van der Waals surface area contributed by atoms with Gasteiger partial charge in [-0.15, -0.1) is 5.10 Å². The summed E-state index contributed by atoms with van der Waals surface area (Å²) < 4.78 is 6.92. The lowest BCUT2D eigenvalue weighted by Gasteiger charge is -2.05. The number of rotatable bonds is 6. The summed E-state index contributed by atoms with van der Waals surface area (Å²) in [6, 6.07) is 0. The molecule has 0 aliphatic heterocycles. The van der Waals surface area contributed by atoms with Crippen LogP contribution >= 0.6 is 0 Å². The second-order valence-corrected chi connectivity index (χ2v) is 5.13. The summed E-state index contributed by atoms with van der Waals surface area (Å²) in [6.07, 6.45) is 2.88. The zero-order chi connectivity index (χ0) is 18.6. The van der Waals surface area contributed by atoms with E-state index in [1.807, 2.05) is 0 Å². The van der Waals surface area contributed by atoms with E-state index in [1.54, 1.807) is 6.92 Å². The molecule has 11 heteroatoms. The molecule has 132 valence electrons. The molecule has 0 aliphatic rings. The Labute approximate surface area is 140 Å². The molecule has 2 rings (SSSR count). The van der Waals surface area contributed by atoms with Crippen molar-refractivity contribution < 1.29 is 14.3 Å². The van der Waals surface area contributed by atoms with Gasteiger partial charge in [0.2, 0.25) is 5.91 Å². The highest BCUT2D eigenvalue weighted by Crippen LogP contribution is 1.97. The van der Waals surface area contributed by atoms with Crippen LogP contribution < -0.4 is 16.6 Å². The van der Waals surface area contributed by atoms with Gasteiger partial charge >= 0.3 is 11.7 Å². The van der Waals surface area contributed by atoms with Crippen LogP contribution in [0.15, 0.2) is 34.3 Å². The molecule has 1 amide bonds. The molecule has 2 aromatic rings. The number of carbonyl (C=O) groups excluding carboxylic acids is 2. The highest BCUT2D eigenvalue weighted by Gasteiger charge is 2.12. The topological polar surface area (TPSA) is 141 Å². The predicted molar refractivity (Wildman–Crippen MR) is 84.5 cm³/mol. The Morgan fingerprint density at radius 1 is 1.36 bits per heavy atom. The van der Waals surface area contributed by atoms with Crippen molar-refractivity contribution in [3.05, 3.63) is 56.8 Å². The number of amides is 1. The molecule has 0 spiro atoms. The molecule has 0 aliphatic carbocycles. The van der Waals surface area contributed by atoms with Gasteiger partial charge in [0.1, 0.15) is 17.9 Å². The third kappa shape index (κ3) is 4.50. The van der Waals surface area contributed by atoms with Gasteiger partial charge < -0.3 is 10.1 Å². The maximum Gasteiger partial charge on any atom is 0.353 e. The van der Waals surface area contributed by atoms with E-state index in [-0.39, 0.29) is 18.8 Å². The van der Waals surface area contributed by atoms with Crippen molar-refractivity contribution in [2.24, 2.45) is 0 Å². The van der Waals surface area contributed by atoms with Gasteiger partial charge in [-0.2, -0.15) is 0 Å². The molecule has 2 aromatic heterocycles. The first-order valence-electron chi connectivity index (χ1n) is 7.06. The number of aromatic nitrogens is 5. The monoisotopic (exact) mass is 348 g/mol. The fourth-order valence-electron chi connectivity index (χ4n) is 1.93. The van der Waals surface area contributed by atoms with Crippen LogP contribution in [0.5, 0.6) is 0 Å². The van der Waals surface area contributed by atoms with Crippen LogP contribution in [-0.4, -0.2) is 43.5 Å². The third-order valence-electron chi connectivity index (χ3n) is 3.14. The van der Waals surface area contributed by atoms with Crippen LogP contribution in [0.4, 0.5) is 0 Å². The number of ether oxygens (including phenoxy) is 1. The predicted octanol–water partition coefficient (Wildman–Crippen LogP) is -1.71. The van der Waals surface area contributed by atoms with E-state index in [0.29, 0.717) is 11.3 Å². The molecule has 0 fully saturated rings. The van der Waals surface area contributed by atoms with Gasteiger partial charge in [-0.25, -0.2) is 14.3 Å². The van der Waals surface area contributed by atoms with Gasteiger partial charge in [0, 0.05) is 11.8 Å². The third-order valence-corrected chi connectivity index (χ3v) is 3.14. The number of esters is 1. The van der Waals surface area contributed by atoms with Crippen LogP contribution in [0.25, 0.3) is 0 Å². The van der Waals surface area contributed by atoms with Gasteiger partial charge in [-0.3, -0.25) is 19.1 Å². The molecule has 0 aromatic carbocycles. The molecule has 0 radical (unpaired) electrons. The molecule has 25 heavy (non-hydrogen) atoms. The number of carbonyl (C=O) groups is 2. The van der Waals surface area contributed by atoms with Crippen molar-refractivity contribution in [3.63, 3.8) is 0 Å². The lowest BCUT2D eigenvalue weighted by atomic mass is 10.3. The molecule has 2 heterocycles. The second kappa shape index (κ2) is 7.38. The van der Waals surface area contributed by atoms with Crippen molar-refractivity contribution in [2.45, 2.75) is 20.0 Å². The van der Waals surface area contributed by atoms with Gasteiger partial charge in [0.05, 0.1) is 19.9 Å². The Bertz CT molecular complexity index is 938. The zero-order valence-electron chi connectivity index (χ0n) is 13.6.